The summed E-state index contributed by atoms with van der Waals surface area (Å²) >= 11 is 0. The Balaban J connectivity index is 1.75. The van der Waals surface area contributed by atoms with Crippen molar-refractivity contribution in [3.8, 4) is 0 Å². The number of aryl methyl sites for hydroxylation is 1. The van der Waals surface area contributed by atoms with Crippen LogP contribution in [0.1, 0.15) is 32.3 Å². The maximum Gasteiger partial charge on any atom is 0.219 e. The first-order valence-electron chi connectivity index (χ1n) is 8.16. The highest BCUT2D eigenvalue weighted by Crippen LogP contribution is 2.19. The second-order valence-electron chi connectivity index (χ2n) is 6.58. The Morgan fingerprint density at radius 2 is 2.27 bits per heavy atom. The molecule has 0 aromatic heterocycles. The van der Waals surface area contributed by atoms with E-state index in [-0.39, 0.29) is 11.7 Å². The van der Waals surface area contributed by atoms with Crippen molar-refractivity contribution in [2.45, 2.75) is 39.2 Å². The normalized spacial score (nSPS) is 19.7. The van der Waals surface area contributed by atoms with Crippen LogP contribution in [0, 0.1) is 11.7 Å². The maximum absolute atomic E-state index is 13.2. The molecule has 1 aliphatic rings. The maximum atomic E-state index is 13.2. The van der Waals surface area contributed by atoms with Crippen LogP contribution in [-0.4, -0.2) is 48.4 Å². The minimum Gasteiger partial charge on any atom is -0.343 e. The highest BCUT2D eigenvalue weighted by Gasteiger charge is 2.25. The van der Waals surface area contributed by atoms with Crippen LogP contribution < -0.4 is 0 Å². The number of carbonyl (C=O) groups excluding carboxylic acids is 1. The van der Waals surface area contributed by atoms with Crippen LogP contribution in [0.2, 0.25) is 0 Å². The van der Waals surface area contributed by atoms with Gasteiger partial charge in [0.15, 0.2) is 0 Å². The van der Waals surface area contributed by atoms with Crippen LogP contribution in [0.3, 0.4) is 0 Å². The molecule has 0 spiro atoms. The molecule has 0 saturated carbocycles. The van der Waals surface area contributed by atoms with Crippen LogP contribution in [0.25, 0.3) is 0 Å². The van der Waals surface area contributed by atoms with Gasteiger partial charge in [-0.15, -0.1) is 0 Å². The van der Waals surface area contributed by atoms with E-state index in [0.29, 0.717) is 12.0 Å². The Bertz CT molecular complexity index is 506. The van der Waals surface area contributed by atoms with Gasteiger partial charge in [0.25, 0.3) is 0 Å². The number of carbonyl (C=O) groups is 1. The summed E-state index contributed by atoms with van der Waals surface area (Å²) in [5.74, 6) is 0.601. The van der Waals surface area contributed by atoms with Crippen LogP contribution in [0.15, 0.2) is 24.3 Å². The average Bonchev–Trinajstić information content (AvgIpc) is 2.93. The van der Waals surface area contributed by atoms with Crippen LogP contribution >= 0.6 is 0 Å². The third-order valence-electron chi connectivity index (χ3n) is 4.77. The number of hydrogen-bond acceptors (Lipinski definition) is 2. The summed E-state index contributed by atoms with van der Waals surface area (Å²) in [7, 11) is 2.15. The van der Waals surface area contributed by atoms with Crippen molar-refractivity contribution >= 4 is 5.91 Å². The molecule has 22 heavy (non-hydrogen) atoms. The van der Waals surface area contributed by atoms with E-state index in [4.69, 9.17) is 0 Å². The van der Waals surface area contributed by atoms with Crippen molar-refractivity contribution in [2.24, 2.45) is 5.92 Å². The molecular weight excluding hydrogens is 279 g/mol. The van der Waals surface area contributed by atoms with Crippen LogP contribution in [0.5, 0.6) is 0 Å². The standard InChI is InChI=1S/C18H27FN2O/c1-14(7-8-16-5-4-6-18(19)11-16)20(3)12-17-9-10-21(13-17)15(2)22/h4-6,11,14,17H,7-10,12-13H2,1-3H3. The lowest BCUT2D eigenvalue weighted by Gasteiger charge is -2.27. The Labute approximate surface area is 133 Å². The monoisotopic (exact) mass is 306 g/mol. The van der Waals surface area contributed by atoms with E-state index < -0.39 is 0 Å². The highest BCUT2D eigenvalue weighted by atomic mass is 19.1. The Kier molecular flexibility index (Phi) is 5.95. The van der Waals surface area contributed by atoms with Crippen LogP contribution in [-0.2, 0) is 11.2 Å². The van der Waals surface area contributed by atoms with Crippen molar-refractivity contribution in [2.75, 3.05) is 26.7 Å². The molecule has 2 rings (SSSR count). The van der Waals surface area contributed by atoms with E-state index in [2.05, 4.69) is 18.9 Å². The second kappa shape index (κ2) is 7.73. The summed E-state index contributed by atoms with van der Waals surface area (Å²) in [6.07, 6.45) is 3.01. The first kappa shape index (κ1) is 16.9. The molecule has 122 valence electrons. The van der Waals surface area contributed by atoms with Gasteiger partial charge >= 0.3 is 0 Å². The van der Waals surface area contributed by atoms with Crippen molar-refractivity contribution in [1.82, 2.24) is 9.80 Å². The zero-order chi connectivity index (χ0) is 16.1. The molecule has 0 aliphatic carbocycles. The number of halogens is 1. The van der Waals surface area contributed by atoms with Crippen molar-refractivity contribution in [3.05, 3.63) is 35.6 Å². The van der Waals surface area contributed by atoms with Gasteiger partial charge in [0.05, 0.1) is 0 Å². The molecule has 0 bridgehead atoms. The molecule has 0 radical (unpaired) electrons. The summed E-state index contributed by atoms with van der Waals surface area (Å²) in [4.78, 5) is 15.7. The predicted molar refractivity (Wildman–Crippen MR) is 87.2 cm³/mol. The lowest BCUT2D eigenvalue weighted by atomic mass is 10.0. The molecule has 1 aromatic rings. The van der Waals surface area contributed by atoms with Gasteiger partial charge in [-0.3, -0.25) is 4.79 Å². The number of amides is 1. The lowest BCUT2D eigenvalue weighted by molar-refractivity contribution is -0.127. The zero-order valence-corrected chi connectivity index (χ0v) is 13.9. The molecule has 1 amide bonds. The van der Waals surface area contributed by atoms with Crippen molar-refractivity contribution < 1.29 is 9.18 Å². The summed E-state index contributed by atoms with van der Waals surface area (Å²) in [6, 6.07) is 7.31. The Morgan fingerprint density at radius 3 is 2.91 bits per heavy atom. The largest absolute Gasteiger partial charge is 0.343 e. The lowest BCUT2D eigenvalue weighted by Crippen LogP contribution is -2.35. The second-order valence-corrected chi connectivity index (χ2v) is 6.58. The smallest absolute Gasteiger partial charge is 0.219 e. The number of rotatable bonds is 6. The van der Waals surface area contributed by atoms with E-state index in [1.165, 1.54) is 6.07 Å². The Hall–Kier alpha value is -1.42. The molecular formula is C18H27FN2O. The summed E-state index contributed by atoms with van der Waals surface area (Å²) in [5, 5.41) is 0. The van der Waals surface area contributed by atoms with Gasteiger partial charge in [0.1, 0.15) is 5.82 Å². The molecule has 2 atom stereocenters. The van der Waals surface area contributed by atoms with Gasteiger partial charge < -0.3 is 9.80 Å². The number of hydrogen-bond donors (Lipinski definition) is 0. The topological polar surface area (TPSA) is 23.6 Å². The quantitative estimate of drug-likeness (QED) is 0.807. The first-order chi connectivity index (χ1) is 10.5. The highest BCUT2D eigenvalue weighted by molar-refractivity contribution is 5.73. The molecule has 3 nitrogen and oxygen atoms in total. The zero-order valence-electron chi connectivity index (χ0n) is 13.9. The molecule has 1 aliphatic heterocycles. The number of likely N-dealkylation sites (tertiary alicyclic amines) is 1. The summed E-state index contributed by atoms with van der Waals surface area (Å²) < 4.78 is 13.2. The van der Waals surface area contributed by atoms with Gasteiger partial charge in [0.2, 0.25) is 5.91 Å². The SMILES string of the molecule is CC(=O)N1CCC(CN(C)C(C)CCc2cccc(F)c2)C1. The molecule has 0 N–H and O–H groups in total. The molecule has 1 aromatic carbocycles. The van der Waals surface area contributed by atoms with E-state index >= 15 is 0 Å². The fraction of sp³-hybridized carbons (Fsp3) is 0.611. The molecule has 1 heterocycles. The first-order valence-corrected chi connectivity index (χ1v) is 8.16. The molecule has 1 fully saturated rings. The minimum atomic E-state index is -0.159. The molecule has 1 saturated heterocycles. The third kappa shape index (κ3) is 4.80. The minimum absolute atomic E-state index is 0.159. The van der Waals surface area contributed by atoms with Gasteiger partial charge in [-0.1, -0.05) is 12.1 Å². The average molecular weight is 306 g/mol. The molecule has 4 heteroatoms. The van der Waals surface area contributed by atoms with Gasteiger partial charge in [-0.2, -0.15) is 0 Å². The van der Waals surface area contributed by atoms with Crippen LogP contribution in [0.4, 0.5) is 4.39 Å². The Morgan fingerprint density at radius 1 is 1.50 bits per heavy atom. The van der Waals surface area contributed by atoms with E-state index in [0.717, 1.165) is 44.5 Å². The van der Waals surface area contributed by atoms with E-state index in [1.54, 1.807) is 19.1 Å². The van der Waals surface area contributed by atoms with Gasteiger partial charge in [-0.05, 0) is 56.8 Å². The van der Waals surface area contributed by atoms with E-state index in [9.17, 15) is 9.18 Å². The summed E-state index contributed by atoms with van der Waals surface area (Å²) in [5.41, 5.74) is 1.06. The fourth-order valence-electron chi connectivity index (χ4n) is 3.14. The number of nitrogens with zero attached hydrogens (tertiary/aromatic N) is 2. The van der Waals surface area contributed by atoms with Gasteiger partial charge in [-0.25, -0.2) is 4.39 Å². The summed E-state index contributed by atoms with van der Waals surface area (Å²) in [6.45, 7) is 6.67. The van der Waals surface area contributed by atoms with Crippen molar-refractivity contribution in [1.29, 1.82) is 0 Å². The van der Waals surface area contributed by atoms with E-state index in [1.807, 2.05) is 11.0 Å². The third-order valence-corrected chi connectivity index (χ3v) is 4.77. The number of benzene rings is 1. The van der Waals surface area contributed by atoms with Gasteiger partial charge in [0, 0.05) is 32.6 Å². The van der Waals surface area contributed by atoms with Crippen molar-refractivity contribution in [3.63, 3.8) is 0 Å². The predicted octanol–water partition coefficient (Wildman–Crippen LogP) is 2.95. The molecule has 2 unspecified atom stereocenters. The fourth-order valence-corrected chi connectivity index (χ4v) is 3.14.